The number of aromatic amines is 1. The Morgan fingerprint density at radius 1 is 1.15 bits per heavy atom. The number of nitrogens with one attached hydrogen (secondary N) is 3. The molecule has 6 nitrogen and oxygen atoms in total. The topological polar surface area (TPSA) is 86.9 Å². The number of thiophene rings is 1. The lowest BCUT2D eigenvalue weighted by Gasteiger charge is -2.05. The third-order valence-corrected chi connectivity index (χ3v) is 4.42. The lowest BCUT2D eigenvalue weighted by Crippen LogP contribution is -2.33. The van der Waals surface area contributed by atoms with Gasteiger partial charge in [0.2, 0.25) is 5.91 Å². The normalized spacial score (nSPS) is 10.6. The van der Waals surface area contributed by atoms with E-state index in [1.807, 2.05) is 19.1 Å². The van der Waals surface area contributed by atoms with Crippen molar-refractivity contribution in [3.63, 3.8) is 0 Å². The van der Waals surface area contributed by atoms with E-state index < -0.39 is 23.4 Å². The molecule has 0 aliphatic carbocycles. The van der Waals surface area contributed by atoms with E-state index in [0.717, 1.165) is 27.6 Å². The summed E-state index contributed by atoms with van der Waals surface area (Å²) in [7, 11) is 0. The second kappa shape index (κ2) is 7.44. The van der Waals surface area contributed by atoms with Crippen molar-refractivity contribution >= 4 is 29.0 Å². The fourth-order valence-corrected chi connectivity index (χ4v) is 3.06. The van der Waals surface area contributed by atoms with Crippen molar-refractivity contribution in [1.29, 1.82) is 0 Å². The van der Waals surface area contributed by atoms with Gasteiger partial charge in [-0.15, -0.1) is 11.3 Å². The van der Waals surface area contributed by atoms with Crippen LogP contribution in [0.2, 0.25) is 0 Å². The van der Waals surface area contributed by atoms with Gasteiger partial charge in [0.1, 0.15) is 11.6 Å². The van der Waals surface area contributed by atoms with E-state index in [1.165, 1.54) is 0 Å². The first-order chi connectivity index (χ1) is 12.4. The molecular weight excluding hydrogens is 362 g/mol. The Morgan fingerprint density at radius 3 is 2.54 bits per heavy atom. The van der Waals surface area contributed by atoms with Crippen LogP contribution >= 0.6 is 11.3 Å². The molecule has 1 aromatic carbocycles. The van der Waals surface area contributed by atoms with Crippen molar-refractivity contribution in [3.8, 4) is 10.6 Å². The first-order valence-electron chi connectivity index (χ1n) is 7.57. The van der Waals surface area contributed by atoms with E-state index in [1.54, 1.807) is 17.4 Å². The zero-order chi connectivity index (χ0) is 18.7. The second-order valence-corrected chi connectivity index (χ2v) is 6.75. The van der Waals surface area contributed by atoms with Gasteiger partial charge in [-0.05, 0) is 31.2 Å². The molecule has 0 aliphatic rings. The number of hydrogen-bond acceptors (Lipinski definition) is 4. The van der Waals surface area contributed by atoms with Gasteiger partial charge in [-0.1, -0.05) is 0 Å². The highest BCUT2D eigenvalue weighted by Crippen LogP contribution is 2.27. The molecule has 0 saturated heterocycles. The summed E-state index contributed by atoms with van der Waals surface area (Å²) in [6.07, 6.45) is 0. The number of aromatic nitrogens is 2. The van der Waals surface area contributed by atoms with Gasteiger partial charge in [0.05, 0.1) is 17.1 Å². The maximum Gasteiger partial charge on any atom is 0.251 e. The molecule has 2 amide bonds. The molecule has 3 N–H and O–H groups in total. The quantitative estimate of drug-likeness (QED) is 0.640. The van der Waals surface area contributed by atoms with Crippen LogP contribution in [0.15, 0.2) is 36.4 Å². The van der Waals surface area contributed by atoms with Crippen molar-refractivity contribution in [1.82, 2.24) is 15.5 Å². The predicted molar refractivity (Wildman–Crippen MR) is 94.0 cm³/mol. The fraction of sp³-hybridized carbons (Fsp3) is 0.118. The van der Waals surface area contributed by atoms with Gasteiger partial charge < -0.3 is 10.6 Å². The van der Waals surface area contributed by atoms with Crippen molar-refractivity contribution in [3.05, 3.63) is 58.5 Å². The minimum absolute atomic E-state index is 0.203. The first-order valence-corrected chi connectivity index (χ1v) is 8.39. The Kier molecular flexibility index (Phi) is 5.08. The molecule has 2 heterocycles. The van der Waals surface area contributed by atoms with Crippen LogP contribution in [0.1, 0.15) is 15.2 Å². The van der Waals surface area contributed by atoms with Crippen LogP contribution in [0.25, 0.3) is 10.6 Å². The summed E-state index contributed by atoms with van der Waals surface area (Å²) in [5, 5.41) is 11.6. The summed E-state index contributed by atoms with van der Waals surface area (Å²) in [5.41, 5.74) is 0.558. The van der Waals surface area contributed by atoms with Crippen molar-refractivity contribution in [2.75, 3.05) is 11.9 Å². The third kappa shape index (κ3) is 4.31. The van der Waals surface area contributed by atoms with E-state index in [4.69, 9.17) is 0 Å². The number of rotatable bonds is 5. The minimum Gasteiger partial charge on any atom is -0.343 e. The molecule has 3 rings (SSSR count). The monoisotopic (exact) mass is 376 g/mol. The Morgan fingerprint density at radius 2 is 1.88 bits per heavy atom. The van der Waals surface area contributed by atoms with Crippen LogP contribution in [0.4, 0.5) is 14.6 Å². The van der Waals surface area contributed by atoms with E-state index in [-0.39, 0.29) is 12.1 Å². The smallest absolute Gasteiger partial charge is 0.251 e. The Bertz CT molecular complexity index is 947. The van der Waals surface area contributed by atoms with Gasteiger partial charge >= 0.3 is 0 Å². The summed E-state index contributed by atoms with van der Waals surface area (Å²) < 4.78 is 26.2. The molecule has 0 unspecified atom stereocenters. The Hall–Kier alpha value is -3.07. The molecule has 0 aliphatic heterocycles. The Balaban J connectivity index is 1.56. The molecule has 2 aromatic heterocycles. The van der Waals surface area contributed by atoms with Gasteiger partial charge in [-0.25, -0.2) is 8.78 Å². The standard InChI is InChI=1S/C17H14F2N4O2S/c1-9-2-3-14(26-9)13-7-15(23-22-13)21-16(24)8-20-17(25)10-4-11(18)6-12(19)5-10/h2-7H,8H2,1H3,(H,20,25)(H2,21,22,23,24). The SMILES string of the molecule is Cc1ccc(-c2cc(NC(=O)CNC(=O)c3cc(F)cc(F)c3)n[nH]2)s1. The van der Waals surface area contributed by atoms with Crippen LogP contribution in [0.5, 0.6) is 0 Å². The zero-order valence-electron chi connectivity index (χ0n) is 13.6. The fourth-order valence-electron chi connectivity index (χ4n) is 2.23. The number of aryl methyl sites for hydroxylation is 1. The number of hydrogen-bond donors (Lipinski definition) is 3. The van der Waals surface area contributed by atoms with Gasteiger partial charge in [-0.3, -0.25) is 14.7 Å². The van der Waals surface area contributed by atoms with Crippen LogP contribution in [0, 0.1) is 18.6 Å². The molecule has 3 aromatic rings. The van der Waals surface area contributed by atoms with E-state index in [2.05, 4.69) is 20.8 Å². The molecular formula is C17H14F2N4O2S. The third-order valence-electron chi connectivity index (χ3n) is 3.39. The molecule has 0 atom stereocenters. The molecule has 9 heteroatoms. The maximum atomic E-state index is 13.1. The van der Waals surface area contributed by atoms with Gasteiger partial charge in [0.25, 0.3) is 5.91 Å². The zero-order valence-corrected chi connectivity index (χ0v) is 14.4. The average molecular weight is 376 g/mol. The van der Waals surface area contributed by atoms with Crippen molar-refractivity contribution in [2.45, 2.75) is 6.92 Å². The summed E-state index contributed by atoms with van der Waals surface area (Å²) in [6, 6.07) is 8.03. The maximum absolute atomic E-state index is 13.1. The van der Waals surface area contributed by atoms with Gasteiger partial charge in [0, 0.05) is 22.6 Å². The molecule has 0 radical (unpaired) electrons. The highest BCUT2D eigenvalue weighted by molar-refractivity contribution is 7.15. The number of amides is 2. The number of benzene rings is 1. The summed E-state index contributed by atoms with van der Waals surface area (Å²) in [6.45, 7) is 1.62. The van der Waals surface area contributed by atoms with E-state index in [0.29, 0.717) is 11.9 Å². The average Bonchev–Trinajstić information content (AvgIpc) is 3.20. The molecule has 134 valence electrons. The first kappa shape index (κ1) is 17.7. The second-order valence-electron chi connectivity index (χ2n) is 5.47. The molecule has 26 heavy (non-hydrogen) atoms. The number of H-pyrrole nitrogens is 1. The molecule has 0 saturated carbocycles. The predicted octanol–water partition coefficient (Wildman–Crippen LogP) is 3.09. The molecule has 0 bridgehead atoms. The van der Waals surface area contributed by atoms with E-state index in [9.17, 15) is 18.4 Å². The molecule has 0 fully saturated rings. The molecule has 0 spiro atoms. The van der Waals surface area contributed by atoms with Crippen molar-refractivity contribution < 1.29 is 18.4 Å². The summed E-state index contributed by atoms with van der Waals surface area (Å²) >= 11 is 1.58. The minimum atomic E-state index is -0.868. The van der Waals surface area contributed by atoms with Gasteiger partial charge in [-0.2, -0.15) is 5.10 Å². The summed E-state index contributed by atoms with van der Waals surface area (Å²) in [5.74, 6) is -2.70. The highest BCUT2D eigenvalue weighted by Gasteiger charge is 2.12. The van der Waals surface area contributed by atoms with Crippen molar-refractivity contribution in [2.24, 2.45) is 0 Å². The van der Waals surface area contributed by atoms with Crippen LogP contribution in [-0.2, 0) is 4.79 Å². The number of nitrogens with zero attached hydrogens (tertiary/aromatic N) is 1. The number of halogens is 2. The van der Waals surface area contributed by atoms with Crippen LogP contribution in [0.3, 0.4) is 0 Å². The Labute approximate surface area is 151 Å². The number of carbonyl (C=O) groups is 2. The van der Waals surface area contributed by atoms with Crippen LogP contribution < -0.4 is 10.6 Å². The highest BCUT2D eigenvalue weighted by atomic mass is 32.1. The number of anilines is 1. The lowest BCUT2D eigenvalue weighted by molar-refractivity contribution is -0.115. The van der Waals surface area contributed by atoms with E-state index >= 15 is 0 Å². The van der Waals surface area contributed by atoms with Gasteiger partial charge in [0.15, 0.2) is 5.82 Å². The lowest BCUT2D eigenvalue weighted by atomic mass is 10.2. The number of carbonyl (C=O) groups excluding carboxylic acids is 2. The summed E-state index contributed by atoms with van der Waals surface area (Å²) in [4.78, 5) is 25.9. The van der Waals surface area contributed by atoms with Crippen LogP contribution in [-0.4, -0.2) is 28.6 Å². The largest absolute Gasteiger partial charge is 0.343 e.